The first-order valence-corrected chi connectivity index (χ1v) is 7.45. The van der Waals surface area contributed by atoms with Gasteiger partial charge in [0.2, 0.25) is 0 Å². The molecule has 0 radical (unpaired) electrons. The molecule has 0 saturated carbocycles. The van der Waals surface area contributed by atoms with E-state index < -0.39 is 0 Å². The van der Waals surface area contributed by atoms with Crippen molar-refractivity contribution in [1.82, 2.24) is 5.32 Å². The van der Waals surface area contributed by atoms with Gasteiger partial charge in [0.15, 0.2) is 0 Å². The molecule has 2 rings (SSSR count). The minimum atomic E-state index is 0.558. The van der Waals surface area contributed by atoms with Crippen LogP contribution in [0.2, 0.25) is 0 Å². The molecule has 0 aliphatic carbocycles. The van der Waals surface area contributed by atoms with E-state index in [0.717, 1.165) is 6.54 Å². The lowest BCUT2D eigenvalue weighted by atomic mass is 10.0. The van der Waals surface area contributed by atoms with Gasteiger partial charge in [-0.05, 0) is 36.3 Å². The Hall–Kier alpha value is -0.470. The van der Waals surface area contributed by atoms with Crippen LogP contribution in [0.1, 0.15) is 36.9 Å². The van der Waals surface area contributed by atoms with E-state index in [2.05, 4.69) is 48.3 Å². The van der Waals surface area contributed by atoms with E-state index in [-0.39, 0.29) is 0 Å². The molecule has 0 amide bonds. The van der Waals surface area contributed by atoms with E-state index in [1.54, 1.807) is 0 Å². The maximum Gasteiger partial charge on any atom is 0.0411 e. The number of benzene rings is 1. The summed E-state index contributed by atoms with van der Waals surface area (Å²) in [5.41, 5.74) is 2.92. The van der Waals surface area contributed by atoms with E-state index in [1.165, 1.54) is 41.9 Å². The third kappa shape index (κ3) is 3.26. The fourth-order valence-corrected chi connectivity index (χ4v) is 3.19. The molecule has 0 bridgehead atoms. The molecule has 1 atom stereocenters. The second kappa shape index (κ2) is 6.31. The van der Waals surface area contributed by atoms with Crippen LogP contribution < -0.4 is 5.32 Å². The number of thioether (sulfide) groups is 1. The largest absolute Gasteiger partial charge is 0.309 e. The Morgan fingerprint density at radius 3 is 2.88 bits per heavy atom. The van der Waals surface area contributed by atoms with Crippen LogP contribution >= 0.6 is 11.8 Å². The molecule has 1 nitrogen and oxygen atoms in total. The lowest BCUT2D eigenvalue weighted by molar-refractivity contribution is 0.589. The second-order valence-electron chi connectivity index (χ2n) is 4.43. The number of hydrogen-bond donors (Lipinski definition) is 1. The SMILES string of the molecule is CCCc1ccc(C2CSCCCN2)cc1. The Morgan fingerprint density at radius 2 is 2.12 bits per heavy atom. The van der Waals surface area contributed by atoms with Crippen LogP contribution in [0.5, 0.6) is 0 Å². The van der Waals surface area contributed by atoms with E-state index in [1.807, 2.05) is 0 Å². The van der Waals surface area contributed by atoms with Crippen molar-refractivity contribution in [3.05, 3.63) is 35.4 Å². The molecule has 1 aliphatic heterocycles. The van der Waals surface area contributed by atoms with Gasteiger partial charge in [0, 0.05) is 11.8 Å². The minimum Gasteiger partial charge on any atom is -0.309 e. The summed E-state index contributed by atoms with van der Waals surface area (Å²) in [4.78, 5) is 0. The van der Waals surface area contributed by atoms with Crippen LogP contribution in [-0.4, -0.2) is 18.1 Å². The molecule has 1 fully saturated rings. The van der Waals surface area contributed by atoms with Crippen molar-refractivity contribution in [2.24, 2.45) is 0 Å². The zero-order valence-electron chi connectivity index (χ0n) is 10.0. The molecular formula is C14H21NS. The van der Waals surface area contributed by atoms with Crippen LogP contribution in [0.25, 0.3) is 0 Å². The van der Waals surface area contributed by atoms with Crippen molar-refractivity contribution in [1.29, 1.82) is 0 Å². The molecule has 0 spiro atoms. The van der Waals surface area contributed by atoms with Crippen LogP contribution in [-0.2, 0) is 6.42 Å². The first-order valence-electron chi connectivity index (χ1n) is 6.30. The molecule has 2 heteroatoms. The topological polar surface area (TPSA) is 12.0 Å². The summed E-state index contributed by atoms with van der Waals surface area (Å²) in [6.45, 7) is 3.39. The average molecular weight is 235 g/mol. The molecule has 1 heterocycles. The normalized spacial score (nSPS) is 21.7. The predicted octanol–water partition coefficient (Wildman–Crippen LogP) is 3.41. The molecule has 88 valence electrons. The fourth-order valence-electron chi connectivity index (χ4n) is 2.13. The summed E-state index contributed by atoms with van der Waals surface area (Å²) in [5, 5.41) is 3.63. The molecule has 1 aliphatic rings. The minimum absolute atomic E-state index is 0.558. The van der Waals surface area contributed by atoms with Gasteiger partial charge in [-0.25, -0.2) is 0 Å². The van der Waals surface area contributed by atoms with Crippen molar-refractivity contribution >= 4 is 11.8 Å². The monoisotopic (exact) mass is 235 g/mol. The van der Waals surface area contributed by atoms with Gasteiger partial charge in [0.1, 0.15) is 0 Å². The van der Waals surface area contributed by atoms with Gasteiger partial charge in [0.05, 0.1) is 0 Å². The summed E-state index contributed by atoms with van der Waals surface area (Å²) in [5.74, 6) is 2.52. The van der Waals surface area contributed by atoms with Crippen molar-refractivity contribution in [3.8, 4) is 0 Å². The predicted molar refractivity (Wildman–Crippen MR) is 73.1 cm³/mol. The Morgan fingerprint density at radius 1 is 1.31 bits per heavy atom. The zero-order chi connectivity index (χ0) is 11.2. The van der Waals surface area contributed by atoms with E-state index in [9.17, 15) is 0 Å². The summed E-state index contributed by atoms with van der Waals surface area (Å²) in [7, 11) is 0. The summed E-state index contributed by atoms with van der Waals surface area (Å²) in [6, 6.07) is 9.73. The van der Waals surface area contributed by atoms with Crippen molar-refractivity contribution in [2.75, 3.05) is 18.1 Å². The van der Waals surface area contributed by atoms with Crippen LogP contribution in [0, 0.1) is 0 Å². The lowest BCUT2D eigenvalue weighted by Crippen LogP contribution is -2.22. The highest BCUT2D eigenvalue weighted by atomic mass is 32.2. The number of aryl methyl sites for hydroxylation is 1. The van der Waals surface area contributed by atoms with Crippen molar-refractivity contribution < 1.29 is 0 Å². The smallest absolute Gasteiger partial charge is 0.0411 e. The molecule has 0 aromatic heterocycles. The van der Waals surface area contributed by atoms with Gasteiger partial charge < -0.3 is 5.32 Å². The van der Waals surface area contributed by atoms with Crippen molar-refractivity contribution in [2.45, 2.75) is 32.2 Å². The molecule has 1 saturated heterocycles. The van der Waals surface area contributed by atoms with Crippen LogP contribution in [0.3, 0.4) is 0 Å². The van der Waals surface area contributed by atoms with Gasteiger partial charge in [0.25, 0.3) is 0 Å². The standard InChI is InChI=1S/C14H21NS/c1-2-4-12-5-7-13(8-6-12)14-11-16-10-3-9-15-14/h5-8,14-15H,2-4,9-11H2,1H3. The van der Waals surface area contributed by atoms with Crippen molar-refractivity contribution in [3.63, 3.8) is 0 Å². The molecule has 1 N–H and O–H groups in total. The Bertz CT molecular complexity index is 299. The Balaban J connectivity index is 2.01. The van der Waals surface area contributed by atoms with Crippen LogP contribution in [0.15, 0.2) is 24.3 Å². The third-order valence-corrected chi connectivity index (χ3v) is 4.21. The lowest BCUT2D eigenvalue weighted by Gasteiger charge is -2.16. The van der Waals surface area contributed by atoms with Gasteiger partial charge in [-0.15, -0.1) is 0 Å². The maximum atomic E-state index is 3.63. The Kier molecular flexibility index (Phi) is 4.73. The summed E-state index contributed by atoms with van der Waals surface area (Å²) < 4.78 is 0. The van der Waals surface area contributed by atoms with Gasteiger partial charge >= 0.3 is 0 Å². The first kappa shape index (κ1) is 12.0. The summed E-state index contributed by atoms with van der Waals surface area (Å²) >= 11 is 2.07. The van der Waals surface area contributed by atoms with E-state index >= 15 is 0 Å². The van der Waals surface area contributed by atoms with Gasteiger partial charge in [-0.3, -0.25) is 0 Å². The maximum absolute atomic E-state index is 3.63. The number of hydrogen-bond acceptors (Lipinski definition) is 2. The molecule has 16 heavy (non-hydrogen) atoms. The highest BCUT2D eigenvalue weighted by molar-refractivity contribution is 7.99. The number of nitrogens with one attached hydrogen (secondary N) is 1. The van der Waals surface area contributed by atoms with E-state index in [0.29, 0.717) is 6.04 Å². The summed E-state index contributed by atoms with van der Waals surface area (Å²) in [6.07, 6.45) is 3.74. The molecular weight excluding hydrogens is 214 g/mol. The first-order chi connectivity index (χ1) is 7.90. The zero-order valence-corrected chi connectivity index (χ0v) is 10.9. The highest BCUT2D eigenvalue weighted by Gasteiger charge is 2.13. The number of rotatable bonds is 3. The third-order valence-electron chi connectivity index (χ3n) is 3.06. The van der Waals surface area contributed by atoms with Gasteiger partial charge in [-0.2, -0.15) is 11.8 Å². The van der Waals surface area contributed by atoms with Crippen LogP contribution in [0.4, 0.5) is 0 Å². The molecule has 1 unspecified atom stereocenters. The second-order valence-corrected chi connectivity index (χ2v) is 5.58. The fraction of sp³-hybridized carbons (Fsp3) is 0.571. The van der Waals surface area contributed by atoms with Gasteiger partial charge in [-0.1, -0.05) is 37.6 Å². The average Bonchev–Trinajstić information content (AvgIpc) is 2.59. The molecule has 1 aromatic rings. The Labute approximate surface area is 103 Å². The highest BCUT2D eigenvalue weighted by Crippen LogP contribution is 2.22. The van der Waals surface area contributed by atoms with E-state index in [4.69, 9.17) is 0 Å². The molecule has 1 aromatic carbocycles. The quantitative estimate of drug-likeness (QED) is 0.861.